The molecule has 1 heterocycles. The van der Waals surface area contributed by atoms with Crippen LogP contribution in [0.4, 0.5) is 18.9 Å². The average molecular weight is 483 g/mol. The lowest BCUT2D eigenvalue weighted by atomic mass is 10.1. The number of alkyl halides is 3. The first-order valence-corrected chi connectivity index (χ1v) is 12.2. The molecule has 0 saturated heterocycles. The predicted molar refractivity (Wildman–Crippen MR) is 124 cm³/mol. The Bertz CT molecular complexity index is 1040. The number of carbonyl (C=O) groups excluding carboxylic acids is 1. The predicted octanol–water partition coefficient (Wildman–Crippen LogP) is 4.21. The quantitative estimate of drug-likeness (QED) is 0.406. The topological polar surface area (TPSA) is 67.2 Å². The van der Waals surface area contributed by atoms with E-state index in [0.717, 1.165) is 74.4 Å². The highest BCUT2D eigenvalue weighted by atomic mass is 32.2. The molecule has 1 aliphatic rings. The Morgan fingerprint density at radius 2 is 1.94 bits per heavy atom. The SMILES string of the molecule is CCN(CC)CCCn1c2c(c(SCC(=O)Nc3ccccc3C(F)(F)F)nc1=O)CCC2. The summed E-state index contributed by atoms with van der Waals surface area (Å²) in [6.07, 6.45) is -1.23. The first kappa shape index (κ1) is 25.3. The zero-order valence-corrected chi connectivity index (χ0v) is 19.7. The Labute approximate surface area is 195 Å². The summed E-state index contributed by atoms with van der Waals surface area (Å²) in [5, 5.41) is 2.84. The van der Waals surface area contributed by atoms with Gasteiger partial charge in [-0.3, -0.25) is 9.36 Å². The second-order valence-corrected chi connectivity index (χ2v) is 8.85. The van der Waals surface area contributed by atoms with Crippen LogP contribution in [0.2, 0.25) is 0 Å². The Balaban J connectivity index is 1.68. The summed E-state index contributed by atoms with van der Waals surface area (Å²) in [5.41, 5.74) is 0.443. The number of benzene rings is 1. The normalized spacial score (nSPS) is 13.4. The lowest BCUT2D eigenvalue weighted by molar-refractivity contribution is -0.137. The molecule has 1 aromatic heterocycles. The summed E-state index contributed by atoms with van der Waals surface area (Å²) in [6.45, 7) is 7.66. The number of aromatic nitrogens is 2. The molecular formula is C23H29F3N4O2S. The van der Waals surface area contributed by atoms with Gasteiger partial charge in [-0.25, -0.2) is 4.79 Å². The van der Waals surface area contributed by atoms with Gasteiger partial charge in [0.25, 0.3) is 0 Å². The first-order valence-electron chi connectivity index (χ1n) is 11.2. The van der Waals surface area contributed by atoms with Crippen molar-refractivity contribution in [3.8, 4) is 0 Å². The van der Waals surface area contributed by atoms with Crippen molar-refractivity contribution in [2.45, 2.75) is 57.3 Å². The van der Waals surface area contributed by atoms with Gasteiger partial charge in [0.1, 0.15) is 5.03 Å². The second-order valence-electron chi connectivity index (χ2n) is 7.89. The number of anilines is 1. The van der Waals surface area contributed by atoms with Crippen LogP contribution >= 0.6 is 11.8 Å². The van der Waals surface area contributed by atoms with E-state index >= 15 is 0 Å². The van der Waals surface area contributed by atoms with Crippen LogP contribution < -0.4 is 11.0 Å². The monoisotopic (exact) mass is 482 g/mol. The molecule has 1 N–H and O–H groups in total. The molecule has 10 heteroatoms. The van der Waals surface area contributed by atoms with Gasteiger partial charge in [-0.2, -0.15) is 18.2 Å². The van der Waals surface area contributed by atoms with Crippen LogP contribution in [0, 0.1) is 0 Å². The van der Waals surface area contributed by atoms with Crippen LogP contribution in [0.25, 0.3) is 0 Å². The molecule has 180 valence electrons. The molecule has 6 nitrogen and oxygen atoms in total. The molecule has 1 aromatic carbocycles. The van der Waals surface area contributed by atoms with E-state index in [2.05, 4.69) is 29.0 Å². The van der Waals surface area contributed by atoms with Gasteiger partial charge in [-0.05, 0) is 57.5 Å². The van der Waals surface area contributed by atoms with E-state index in [4.69, 9.17) is 0 Å². The minimum Gasteiger partial charge on any atom is -0.325 e. The summed E-state index contributed by atoms with van der Waals surface area (Å²) < 4.78 is 41.2. The number of hydrogen-bond acceptors (Lipinski definition) is 5. The third-order valence-electron chi connectivity index (χ3n) is 5.80. The molecule has 0 aliphatic heterocycles. The van der Waals surface area contributed by atoms with Gasteiger partial charge in [-0.15, -0.1) is 0 Å². The standard InChI is InChI=1S/C23H29F3N4O2S/c1-3-29(4-2)13-8-14-30-19-12-7-9-16(19)21(28-22(30)32)33-15-20(31)27-18-11-6-5-10-17(18)23(24,25)26/h5-6,10-11H,3-4,7-9,12-15H2,1-2H3,(H,27,31). The number of carbonyl (C=O) groups is 1. The van der Waals surface area contributed by atoms with Crippen molar-refractivity contribution in [2.75, 3.05) is 30.7 Å². The first-order chi connectivity index (χ1) is 15.7. The number of nitrogens with zero attached hydrogens (tertiary/aromatic N) is 3. The molecular weight excluding hydrogens is 453 g/mol. The lowest BCUT2D eigenvalue weighted by Gasteiger charge is -2.19. The molecule has 0 radical (unpaired) electrons. The number of rotatable bonds is 10. The fraction of sp³-hybridized carbons (Fsp3) is 0.522. The number of thioether (sulfide) groups is 1. The highest BCUT2D eigenvalue weighted by Gasteiger charge is 2.33. The summed E-state index contributed by atoms with van der Waals surface area (Å²) in [6, 6.07) is 4.86. The highest BCUT2D eigenvalue weighted by molar-refractivity contribution is 8.00. The van der Waals surface area contributed by atoms with Crippen molar-refractivity contribution in [1.29, 1.82) is 0 Å². The molecule has 0 saturated carbocycles. The molecule has 1 aliphatic carbocycles. The van der Waals surface area contributed by atoms with Crippen LogP contribution in [0.5, 0.6) is 0 Å². The maximum Gasteiger partial charge on any atom is 0.418 e. The number of nitrogens with one attached hydrogen (secondary N) is 1. The molecule has 33 heavy (non-hydrogen) atoms. The maximum absolute atomic E-state index is 13.1. The zero-order chi connectivity index (χ0) is 24.0. The van der Waals surface area contributed by atoms with E-state index in [9.17, 15) is 22.8 Å². The van der Waals surface area contributed by atoms with Crippen LogP contribution in [-0.4, -0.2) is 45.7 Å². The lowest BCUT2D eigenvalue weighted by Crippen LogP contribution is -2.30. The van der Waals surface area contributed by atoms with E-state index < -0.39 is 17.6 Å². The van der Waals surface area contributed by atoms with E-state index in [0.29, 0.717) is 11.6 Å². The Morgan fingerprint density at radius 1 is 1.21 bits per heavy atom. The van der Waals surface area contributed by atoms with E-state index in [-0.39, 0.29) is 17.1 Å². The van der Waals surface area contributed by atoms with Gasteiger partial charge in [0.15, 0.2) is 0 Å². The van der Waals surface area contributed by atoms with Crippen LogP contribution in [-0.2, 0) is 30.4 Å². The number of hydrogen-bond donors (Lipinski definition) is 1. The van der Waals surface area contributed by atoms with Gasteiger partial charge in [0.05, 0.1) is 17.0 Å². The van der Waals surface area contributed by atoms with Crippen LogP contribution in [0.15, 0.2) is 34.1 Å². The fourth-order valence-corrected chi connectivity index (χ4v) is 4.96. The van der Waals surface area contributed by atoms with Gasteiger partial charge in [0, 0.05) is 17.8 Å². The second kappa shape index (κ2) is 11.2. The van der Waals surface area contributed by atoms with Crippen LogP contribution in [0.3, 0.4) is 0 Å². The van der Waals surface area contributed by atoms with E-state index in [1.165, 1.54) is 18.2 Å². The third kappa shape index (κ3) is 6.38. The van der Waals surface area contributed by atoms with Crippen molar-refractivity contribution in [3.05, 3.63) is 51.6 Å². The van der Waals surface area contributed by atoms with E-state index in [1.54, 1.807) is 4.57 Å². The van der Waals surface area contributed by atoms with Crippen molar-refractivity contribution in [2.24, 2.45) is 0 Å². The van der Waals surface area contributed by atoms with Gasteiger partial charge in [-0.1, -0.05) is 37.7 Å². The average Bonchev–Trinajstić information content (AvgIpc) is 3.26. The maximum atomic E-state index is 13.1. The molecule has 0 unspecified atom stereocenters. The molecule has 0 fully saturated rings. The summed E-state index contributed by atoms with van der Waals surface area (Å²) in [5.74, 6) is -0.703. The zero-order valence-electron chi connectivity index (χ0n) is 18.9. The molecule has 0 spiro atoms. The fourth-order valence-electron chi connectivity index (χ4n) is 4.09. The number of halogens is 3. The Morgan fingerprint density at radius 3 is 2.64 bits per heavy atom. The number of para-hydroxylation sites is 1. The highest BCUT2D eigenvalue weighted by Crippen LogP contribution is 2.35. The largest absolute Gasteiger partial charge is 0.418 e. The molecule has 0 atom stereocenters. The molecule has 2 aromatic rings. The van der Waals surface area contributed by atoms with Gasteiger partial charge < -0.3 is 10.2 Å². The minimum atomic E-state index is -4.56. The molecule has 3 rings (SSSR count). The summed E-state index contributed by atoms with van der Waals surface area (Å²) in [4.78, 5) is 31.6. The van der Waals surface area contributed by atoms with Gasteiger partial charge in [0.2, 0.25) is 5.91 Å². The summed E-state index contributed by atoms with van der Waals surface area (Å²) in [7, 11) is 0. The van der Waals surface area contributed by atoms with Crippen molar-refractivity contribution in [1.82, 2.24) is 14.5 Å². The number of amides is 1. The molecule has 0 bridgehead atoms. The Kier molecular flexibility index (Phi) is 8.58. The van der Waals surface area contributed by atoms with Crippen LogP contribution in [0.1, 0.15) is 43.5 Å². The summed E-state index contributed by atoms with van der Waals surface area (Å²) >= 11 is 1.10. The van der Waals surface area contributed by atoms with Crippen molar-refractivity contribution in [3.63, 3.8) is 0 Å². The smallest absolute Gasteiger partial charge is 0.325 e. The third-order valence-corrected chi connectivity index (χ3v) is 6.82. The Hall–Kier alpha value is -2.33. The minimum absolute atomic E-state index is 0.128. The molecule has 1 amide bonds. The van der Waals surface area contributed by atoms with Crippen molar-refractivity contribution < 1.29 is 18.0 Å². The van der Waals surface area contributed by atoms with Crippen molar-refractivity contribution >= 4 is 23.4 Å². The van der Waals surface area contributed by atoms with E-state index in [1.807, 2.05) is 0 Å². The number of fused-ring (bicyclic) bond motifs is 1. The van der Waals surface area contributed by atoms with Gasteiger partial charge >= 0.3 is 11.9 Å².